The van der Waals surface area contributed by atoms with E-state index in [1.807, 2.05) is 56.7 Å². The van der Waals surface area contributed by atoms with Crippen LogP contribution in [0.5, 0.6) is 0 Å². The first-order chi connectivity index (χ1) is 13.1. The van der Waals surface area contributed by atoms with Gasteiger partial charge in [-0.3, -0.25) is 4.98 Å². The molecule has 3 aromatic rings. The van der Waals surface area contributed by atoms with Crippen molar-refractivity contribution >= 4 is 27.7 Å². The monoisotopic (exact) mass is 426 g/mol. The molecule has 0 spiro atoms. The fourth-order valence-electron chi connectivity index (χ4n) is 2.50. The lowest BCUT2D eigenvalue weighted by atomic mass is 10.2. The number of likely N-dealkylation sites (N-methyl/N-ethyl adjacent to an activating group) is 1. The smallest absolute Gasteiger partial charge is 0.225 e. The van der Waals surface area contributed by atoms with Crippen LogP contribution in [0.3, 0.4) is 0 Å². The Morgan fingerprint density at radius 2 is 1.89 bits per heavy atom. The highest BCUT2D eigenvalue weighted by Gasteiger charge is 2.08. The van der Waals surface area contributed by atoms with E-state index in [2.05, 4.69) is 52.5 Å². The van der Waals surface area contributed by atoms with Crippen LogP contribution in [-0.2, 0) is 6.54 Å². The van der Waals surface area contributed by atoms with Gasteiger partial charge in [0.2, 0.25) is 5.95 Å². The second kappa shape index (κ2) is 9.43. The molecule has 2 heterocycles. The lowest BCUT2D eigenvalue weighted by Crippen LogP contribution is -2.21. The van der Waals surface area contributed by atoms with Crippen molar-refractivity contribution in [1.29, 1.82) is 0 Å². The molecule has 0 aliphatic heterocycles. The number of aromatic nitrogens is 3. The Balaban J connectivity index is 1.81. The highest BCUT2D eigenvalue weighted by molar-refractivity contribution is 9.10. The normalized spacial score (nSPS) is 10.8. The predicted molar refractivity (Wildman–Crippen MR) is 114 cm³/mol. The first-order valence-corrected chi connectivity index (χ1v) is 9.56. The Morgan fingerprint density at radius 1 is 1.04 bits per heavy atom. The second-order valence-electron chi connectivity index (χ2n) is 6.38. The van der Waals surface area contributed by atoms with Crippen LogP contribution < -0.4 is 10.6 Å². The Bertz CT molecular complexity index is 869. The van der Waals surface area contributed by atoms with Crippen LogP contribution in [0.25, 0.3) is 11.3 Å². The summed E-state index contributed by atoms with van der Waals surface area (Å²) in [6.07, 6.45) is 3.57. The van der Waals surface area contributed by atoms with Gasteiger partial charge in [-0.15, -0.1) is 0 Å². The molecule has 1 aromatic carbocycles. The van der Waals surface area contributed by atoms with E-state index in [9.17, 15) is 0 Å². The van der Waals surface area contributed by atoms with E-state index in [0.717, 1.165) is 34.6 Å². The third-order valence-electron chi connectivity index (χ3n) is 3.94. The molecule has 0 amide bonds. The molecule has 0 aliphatic carbocycles. The van der Waals surface area contributed by atoms with Crippen molar-refractivity contribution in [2.75, 3.05) is 37.8 Å². The number of hydrogen-bond donors (Lipinski definition) is 2. The first kappa shape index (κ1) is 19.3. The molecule has 3 rings (SSSR count). The van der Waals surface area contributed by atoms with Crippen molar-refractivity contribution in [2.45, 2.75) is 6.54 Å². The topological polar surface area (TPSA) is 66.0 Å². The van der Waals surface area contributed by atoms with Crippen LogP contribution in [0.15, 0.2) is 59.3 Å². The second-order valence-corrected chi connectivity index (χ2v) is 7.23. The maximum atomic E-state index is 4.64. The van der Waals surface area contributed by atoms with Crippen molar-refractivity contribution in [1.82, 2.24) is 19.9 Å². The van der Waals surface area contributed by atoms with Gasteiger partial charge in [-0.25, -0.2) is 4.98 Å². The molecule has 7 heteroatoms. The minimum absolute atomic E-state index is 0.604. The molecule has 0 bridgehead atoms. The fourth-order valence-corrected chi connectivity index (χ4v) is 2.92. The van der Waals surface area contributed by atoms with E-state index in [4.69, 9.17) is 0 Å². The number of pyridine rings is 1. The number of rotatable bonds is 8. The molecule has 2 N–H and O–H groups in total. The number of benzene rings is 1. The Kier molecular flexibility index (Phi) is 6.73. The SMILES string of the molecule is CN(C)CCNc1nc(NCc2ccccc2Br)cc(-c2cccnc2)n1. The van der Waals surface area contributed by atoms with E-state index in [0.29, 0.717) is 12.5 Å². The molecule has 140 valence electrons. The van der Waals surface area contributed by atoms with Crippen molar-refractivity contribution in [3.05, 3.63) is 64.9 Å². The Morgan fingerprint density at radius 3 is 2.63 bits per heavy atom. The molecule has 0 radical (unpaired) electrons. The molecule has 0 fully saturated rings. The lowest BCUT2D eigenvalue weighted by Gasteiger charge is -2.13. The maximum absolute atomic E-state index is 4.64. The van der Waals surface area contributed by atoms with Crippen molar-refractivity contribution < 1.29 is 0 Å². The highest BCUT2D eigenvalue weighted by atomic mass is 79.9. The predicted octanol–water partition coefficient (Wildman–Crippen LogP) is 3.89. The molecule has 0 saturated carbocycles. The van der Waals surface area contributed by atoms with Crippen molar-refractivity contribution in [3.63, 3.8) is 0 Å². The van der Waals surface area contributed by atoms with Crippen LogP contribution in [0, 0.1) is 0 Å². The molecular formula is C20H23BrN6. The number of nitrogens with zero attached hydrogens (tertiary/aromatic N) is 4. The number of hydrogen-bond acceptors (Lipinski definition) is 6. The molecule has 0 saturated heterocycles. The summed E-state index contributed by atoms with van der Waals surface area (Å²) in [5.74, 6) is 1.37. The van der Waals surface area contributed by atoms with Gasteiger partial charge in [-0.1, -0.05) is 34.1 Å². The van der Waals surface area contributed by atoms with Crippen LogP contribution in [0.4, 0.5) is 11.8 Å². The van der Waals surface area contributed by atoms with Crippen LogP contribution in [-0.4, -0.2) is 47.0 Å². The summed E-state index contributed by atoms with van der Waals surface area (Å²) in [7, 11) is 4.08. The quantitative estimate of drug-likeness (QED) is 0.569. The third kappa shape index (κ3) is 5.74. The van der Waals surface area contributed by atoms with Crippen molar-refractivity contribution in [2.24, 2.45) is 0 Å². The van der Waals surface area contributed by atoms with E-state index in [1.165, 1.54) is 5.56 Å². The summed E-state index contributed by atoms with van der Waals surface area (Å²) in [6.45, 7) is 2.34. The lowest BCUT2D eigenvalue weighted by molar-refractivity contribution is 0.425. The molecule has 0 atom stereocenters. The maximum Gasteiger partial charge on any atom is 0.225 e. The van der Waals surface area contributed by atoms with Gasteiger partial charge in [0.1, 0.15) is 5.82 Å². The summed E-state index contributed by atoms with van der Waals surface area (Å²) >= 11 is 3.59. The van der Waals surface area contributed by atoms with Crippen LogP contribution >= 0.6 is 15.9 Å². The van der Waals surface area contributed by atoms with E-state index in [-0.39, 0.29) is 0 Å². The van der Waals surface area contributed by atoms with Gasteiger partial charge in [-0.2, -0.15) is 4.98 Å². The third-order valence-corrected chi connectivity index (χ3v) is 4.72. The molecule has 0 aliphatic rings. The number of nitrogens with one attached hydrogen (secondary N) is 2. The minimum atomic E-state index is 0.604. The molecule has 27 heavy (non-hydrogen) atoms. The summed E-state index contributed by atoms with van der Waals surface area (Å²) in [5.41, 5.74) is 2.96. The Labute approximate surface area is 168 Å². The number of halogens is 1. The minimum Gasteiger partial charge on any atom is -0.366 e. The standard InChI is InChI=1S/C20H23BrN6/c1-27(2)11-10-23-20-25-18(16-7-5-9-22-13-16)12-19(26-20)24-14-15-6-3-4-8-17(15)21/h3-9,12-13H,10-11,14H2,1-2H3,(H2,23,24,25,26). The largest absolute Gasteiger partial charge is 0.366 e. The Hall–Kier alpha value is -2.51. The summed E-state index contributed by atoms with van der Waals surface area (Å²) in [6, 6.07) is 14.0. The molecule has 0 unspecified atom stereocenters. The molecule has 2 aromatic heterocycles. The van der Waals surface area contributed by atoms with Crippen molar-refractivity contribution in [3.8, 4) is 11.3 Å². The average Bonchev–Trinajstić information content (AvgIpc) is 2.68. The van der Waals surface area contributed by atoms with Crippen LogP contribution in [0.1, 0.15) is 5.56 Å². The zero-order chi connectivity index (χ0) is 19.1. The molecular weight excluding hydrogens is 404 g/mol. The average molecular weight is 427 g/mol. The summed E-state index contributed by atoms with van der Waals surface area (Å²) in [4.78, 5) is 15.6. The van der Waals surface area contributed by atoms with E-state index < -0.39 is 0 Å². The zero-order valence-corrected chi connectivity index (χ0v) is 17.1. The summed E-state index contributed by atoms with van der Waals surface area (Å²) in [5, 5.41) is 6.70. The highest BCUT2D eigenvalue weighted by Crippen LogP contribution is 2.22. The van der Waals surface area contributed by atoms with E-state index >= 15 is 0 Å². The van der Waals surface area contributed by atoms with Gasteiger partial charge >= 0.3 is 0 Å². The first-order valence-electron chi connectivity index (χ1n) is 8.77. The van der Waals surface area contributed by atoms with Gasteiger partial charge in [-0.05, 0) is 37.9 Å². The van der Waals surface area contributed by atoms with Gasteiger partial charge in [0.25, 0.3) is 0 Å². The van der Waals surface area contributed by atoms with E-state index in [1.54, 1.807) is 6.20 Å². The van der Waals surface area contributed by atoms with Gasteiger partial charge in [0.05, 0.1) is 5.69 Å². The molecule has 6 nitrogen and oxygen atoms in total. The zero-order valence-electron chi connectivity index (χ0n) is 15.5. The van der Waals surface area contributed by atoms with Gasteiger partial charge < -0.3 is 15.5 Å². The van der Waals surface area contributed by atoms with Crippen LogP contribution in [0.2, 0.25) is 0 Å². The fraction of sp³-hybridized carbons (Fsp3) is 0.250. The number of anilines is 2. The van der Waals surface area contributed by atoms with Gasteiger partial charge in [0, 0.05) is 48.1 Å². The van der Waals surface area contributed by atoms with Gasteiger partial charge in [0.15, 0.2) is 0 Å². The summed E-state index contributed by atoms with van der Waals surface area (Å²) < 4.78 is 1.07.